The van der Waals surface area contributed by atoms with Crippen LogP contribution in [0.4, 0.5) is 14.5 Å². The Balaban J connectivity index is 1.56. The first-order valence-corrected chi connectivity index (χ1v) is 8.50. The lowest BCUT2D eigenvalue weighted by molar-refractivity contribution is -0.0307. The number of rotatable bonds is 5. The average molecular weight is 313 g/mol. The smallest absolute Gasteiger partial charge is 0.288 e. The van der Waals surface area contributed by atoms with Gasteiger partial charge in [0.2, 0.25) is 0 Å². The van der Waals surface area contributed by atoms with Crippen molar-refractivity contribution < 1.29 is 13.5 Å². The number of benzene rings is 1. The number of anilines is 1. The second-order valence-electron chi connectivity index (χ2n) is 5.92. The molecule has 2 nitrogen and oxygen atoms in total. The SMILES string of the molecule is FC(F)Sc1ccccc1NCC1CCC2(CCCC2)O1. The van der Waals surface area contributed by atoms with Crippen LogP contribution in [0.5, 0.6) is 0 Å². The molecule has 0 amide bonds. The zero-order chi connectivity index (χ0) is 14.7. The summed E-state index contributed by atoms with van der Waals surface area (Å²) in [6.45, 7) is 0.697. The number of thioether (sulfide) groups is 1. The molecule has 116 valence electrons. The molecule has 0 bridgehead atoms. The molecule has 1 unspecified atom stereocenters. The largest absolute Gasteiger partial charge is 0.382 e. The number of nitrogens with one attached hydrogen (secondary N) is 1. The number of ether oxygens (including phenoxy) is 1. The number of para-hydroxylation sites is 1. The summed E-state index contributed by atoms with van der Waals surface area (Å²) in [5.74, 6) is -2.39. The highest BCUT2D eigenvalue weighted by Gasteiger charge is 2.41. The Morgan fingerprint density at radius 3 is 2.76 bits per heavy atom. The lowest BCUT2D eigenvalue weighted by atomic mass is 9.98. The van der Waals surface area contributed by atoms with Crippen molar-refractivity contribution in [3.8, 4) is 0 Å². The predicted octanol–water partition coefficient (Wildman–Crippen LogP) is 4.91. The summed E-state index contributed by atoms with van der Waals surface area (Å²) in [6.07, 6.45) is 7.32. The van der Waals surface area contributed by atoms with Gasteiger partial charge in [0.1, 0.15) is 0 Å². The minimum atomic E-state index is -2.39. The van der Waals surface area contributed by atoms with Crippen molar-refractivity contribution in [1.82, 2.24) is 0 Å². The van der Waals surface area contributed by atoms with Gasteiger partial charge in [0, 0.05) is 17.1 Å². The fourth-order valence-corrected chi connectivity index (χ4v) is 4.08. The van der Waals surface area contributed by atoms with E-state index in [0.29, 0.717) is 23.2 Å². The summed E-state index contributed by atoms with van der Waals surface area (Å²) < 4.78 is 31.3. The standard InChI is InChI=1S/C16H21F2NOS/c17-15(18)21-14-6-2-1-5-13(14)19-11-12-7-10-16(20-12)8-3-4-9-16/h1-2,5-6,12,15,19H,3-4,7-11H2. The van der Waals surface area contributed by atoms with Gasteiger partial charge in [-0.25, -0.2) is 0 Å². The molecule has 0 radical (unpaired) electrons. The quantitative estimate of drug-likeness (QED) is 0.781. The molecule has 21 heavy (non-hydrogen) atoms. The fourth-order valence-electron chi connectivity index (χ4n) is 3.46. The monoisotopic (exact) mass is 313 g/mol. The predicted molar refractivity (Wildman–Crippen MR) is 82.1 cm³/mol. The van der Waals surface area contributed by atoms with Crippen LogP contribution in [0.25, 0.3) is 0 Å². The van der Waals surface area contributed by atoms with Crippen LogP contribution < -0.4 is 5.32 Å². The Labute approximate surface area is 128 Å². The van der Waals surface area contributed by atoms with Crippen molar-refractivity contribution in [2.45, 2.75) is 60.9 Å². The topological polar surface area (TPSA) is 21.3 Å². The number of hydrogen-bond donors (Lipinski definition) is 1. The molecule has 1 N–H and O–H groups in total. The summed E-state index contributed by atoms with van der Waals surface area (Å²) >= 11 is 0.590. The zero-order valence-electron chi connectivity index (χ0n) is 12.0. The van der Waals surface area contributed by atoms with Crippen molar-refractivity contribution in [2.75, 3.05) is 11.9 Å². The third-order valence-electron chi connectivity index (χ3n) is 4.48. The minimum Gasteiger partial charge on any atom is -0.382 e. The van der Waals surface area contributed by atoms with Crippen molar-refractivity contribution in [3.63, 3.8) is 0 Å². The van der Waals surface area contributed by atoms with E-state index in [9.17, 15) is 8.78 Å². The van der Waals surface area contributed by atoms with Crippen LogP contribution in [0.2, 0.25) is 0 Å². The Bertz CT molecular complexity index is 477. The van der Waals surface area contributed by atoms with Crippen LogP contribution in [0, 0.1) is 0 Å². The molecule has 0 aromatic heterocycles. The molecular formula is C16H21F2NOS. The van der Waals surface area contributed by atoms with Gasteiger partial charge >= 0.3 is 0 Å². The van der Waals surface area contributed by atoms with E-state index in [1.807, 2.05) is 12.1 Å². The van der Waals surface area contributed by atoms with Crippen molar-refractivity contribution in [3.05, 3.63) is 24.3 Å². The normalized spacial score (nSPS) is 24.0. The van der Waals surface area contributed by atoms with Gasteiger partial charge < -0.3 is 10.1 Å². The van der Waals surface area contributed by atoms with Crippen molar-refractivity contribution in [2.24, 2.45) is 0 Å². The van der Waals surface area contributed by atoms with Gasteiger partial charge in [-0.1, -0.05) is 36.7 Å². The molecule has 1 aliphatic carbocycles. The first-order chi connectivity index (χ1) is 10.2. The second kappa shape index (κ2) is 6.53. The third kappa shape index (κ3) is 3.69. The maximum absolute atomic E-state index is 12.6. The molecule has 1 spiro atoms. The Hall–Kier alpha value is -0.810. The van der Waals surface area contributed by atoms with Crippen LogP contribution in [-0.4, -0.2) is 24.0 Å². The van der Waals surface area contributed by atoms with Crippen LogP contribution in [0.1, 0.15) is 38.5 Å². The summed E-state index contributed by atoms with van der Waals surface area (Å²) in [6, 6.07) is 7.24. The molecule has 2 aliphatic rings. The molecule has 1 aromatic rings. The maximum Gasteiger partial charge on any atom is 0.288 e. The van der Waals surface area contributed by atoms with E-state index in [1.54, 1.807) is 12.1 Å². The maximum atomic E-state index is 12.6. The van der Waals surface area contributed by atoms with E-state index in [2.05, 4.69) is 5.32 Å². The van der Waals surface area contributed by atoms with Crippen LogP contribution >= 0.6 is 11.8 Å². The molecule has 1 saturated heterocycles. The minimum absolute atomic E-state index is 0.129. The molecule has 1 aromatic carbocycles. The molecule has 1 aliphatic heterocycles. The van der Waals surface area contributed by atoms with E-state index in [1.165, 1.54) is 25.7 Å². The molecule has 1 saturated carbocycles. The van der Waals surface area contributed by atoms with Gasteiger partial charge in [0.05, 0.1) is 11.7 Å². The highest BCUT2D eigenvalue weighted by Crippen LogP contribution is 2.43. The Morgan fingerprint density at radius 2 is 2.00 bits per heavy atom. The molecular weight excluding hydrogens is 292 g/mol. The van der Waals surface area contributed by atoms with E-state index in [4.69, 9.17) is 4.74 Å². The van der Waals surface area contributed by atoms with E-state index < -0.39 is 5.76 Å². The Kier molecular flexibility index (Phi) is 4.69. The summed E-state index contributed by atoms with van der Waals surface area (Å²) in [4.78, 5) is 0.598. The first kappa shape index (κ1) is 15.1. The summed E-state index contributed by atoms with van der Waals surface area (Å²) in [5.41, 5.74) is 0.905. The van der Waals surface area contributed by atoms with Crippen LogP contribution in [-0.2, 0) is 4.74 Å². The molecule has 1 atom stereocenters. The highest BCUT2D eigenvalue weighted by molar-refractivity contribution is 7.99. The Morgan fingerprint density at radius 1 is 1.24 bits per heavy atom. The number of hydrogen-bond acceptors (Lipinski definition) is 3. The highest BCUT2D eigenvalue weighted by atomic mass is 32.2. The van der Waals surface area contributed by atoms with Crippen molar-refractivity contribution >= 4 is 17.4 Å². The van der Waals surface area contributed by atoms with Gasteiger partial charge in [-0.15, -0.1) is 0 Å². The van der Waals surface area contributed by atoms with E-state index in [0.717, 1.165) is 18.5 Å². The lowest BCUT2D eigenvalue weighted by Gasteiger charge is -2.24. The molecule has 2 fully saturated rings. The van der Waals surface area contributed by atoms with Gasteiger partial charge in [0.25, 0.3) is 5.76 Å². The molecule has 3 rings (SSSR count). The summed E-state index contributed by atoms with van der Waals surface area (Å²) in [7, 11) is 0. The number of halogens is 2. The number of alkyl halides is 2. The van der Waals surface area contributed by atoms with Crippen molar-refractivity contribution in [1.29, 1.82) is 0 Å². The average Bonchev–Trinajstić information content (AvgIpc) is 3.08. The van der Waals surface area contributed by atoms with Crippen LogP contribution in [0.15, 0.2) is 29.2 Å². The second-order valence-corrected chi connectivity index (χ2v) is 6.96. The fraction of sp³-hybridized carbons (Fsp3) is 0.625. The zero-order valence-corrected chi connectivity index (χ0v) is 12.8. The first-order valence-electron chi connectivity index (χ1n) is 7.62. The van der Waals surface area contributed by atoms with Crippen LogP contribution in [0.3, 0.4) is 0 Å². The molecule has 5 heteroatoms. The van der Waals surface area contributed by atoms with Gasteiger partial charge in [0.15, 0.2) is 0 Å². The molecule has 1 heterocycles. The third-order valence-corrected chi connectivity index (χ3v) is 5.26. The van der Waals surface area contributed by atoms with Gasteiger partial charge in [-0.2, -0.15) is 8.78 Å². The van der Waals surface area contributed by atoms with E-state index in [-0.39, 0.29) is 11.7 Å². The van der Waals surface area contributed by atoms with E-state index >= 15 is 0 Å². The van der Waals surface area contributed by atoms with Gasteiger partial charge in [-0.3, -0.25) is 0 Å². The van der Waals surface area contributed by atoms with Gasteiger partial charge in [-0.05, 0) is 37.8 Å². The summed E-state index contributed by atoms with van der Waals surface area (Å²) in [5, 5.41) is 3.29. The lowest BCUT2D eigenvalue weighted by Crippen LogP contribution is -2.28.